The fourth-order valence-electron chi connectivity index (χ4n) is 1.02. The first-order valence-electron chi connectivity index (χ1n) is 3.54. The summed E-state index contributed by atoms with van der Waals surface area (Å²) >= 11 is 5.50. The average Bonchev–Trinajstić information content (AvgIpc) is 2.07. The quantitative estimate of drug-likeness (QED) is 0.439. The molecule has 0 spiro atoms. The molecule has 70 valence electrons. The predicted octanol–water partition coefficient (Wildman–Crippen LogP) is 3.58. The lowest BCUT2D eigenvalue weighted by atomic mass is 10.1. The monoisotopic (exact) mass is 355 g/mol. The number of halogens is 2. The van der Waals surface area contributed by atoms with Gasteiger partial charge in [-0.3, -0.25) is 10.1 Å². The van der Waals surface area contributed by atoms with Crippen molar-refractivity contribution < 1.29 is 4.92 Å². The molecule has 0 N–H and O–H groups in total. The van der Waals surface area contributed by atoms with Crippen LogP contribution in [0.3, 0.4) is 0 Å². The Morgan fingerprint density at radius 3 is 2.54 bits per heavy atom. The lowest BCUT2D eigenvalue weighted by Gasteiger charge is -2.05. The zero-order valence-corrected chi connectivity index (χ0v) is 10.8. The highest BCUT2D eigenvalue weighted by Crippen LogP contribution is 2.32. The molecular weight excluding hydrogens is 349 g/mol. The number of benzene rings is 1. The molecule has 5 heteroatoms. The van der Waals surface area contributed by atoms with Gasteiger partial charge in [0.05, 0.1) is 4.92 Å². The third-order valence-electron chi connectivity index (χ3n) is 1.80. The van der Waals surface area contributed by atoms with Crippen molar-refractivity contribution >= 4 is 44.2 Å². The second-order valence-corrected chi connectivity index (χ2v) is 4.59. The molecule has 0 aromatic heterocycles. The Hall–Kier alpha value is -0.170. The highest BCUT2D eigenvalue weighted by Gasteiger charge is 2.16. The molecule has 0 amide bonds. The van der Waals surface area contributed by atoms with Crippen LogP contribution in [0.15, 0.2) is 10.5 Å². The molecule has 1 rings (SSSR count). The fraction of sp³-hybridized carbons (Fsp3) is 0.250. The van der Waals surface area contributed by atoms with E-state index in [1.807, 2.05) is 6.92 Å². The van der Waals surface area contributed by atoms with E-state index in [4.69, 9.17) is 0 Å². The molecule has 0 bridgehead atoms. The predicted molar refractivity (Wildman–Crippen MR) is 63.0 cm³/mol. The lowest BCUT2D eigenvalue weighted by Crippen LogP contribution is -1.96. The number of hydrogen-bond acceptors (Lipinski definition) is 2. The summed E-state index contributed by atoms with van der Waals surface area (Å²) in [6.45, 7) is 3.60. The Labute approximate surface area is 97.9 Å². The third-order valence-corrected chi connectivity index (χ3v) is 4.92. The van der Waals surface area contributed by atoms with E-state index in [-0.39, 0.29) is 10.6 Å². The first-order chi connectivity index (χ1) is 5.95. The number of nitro benzene ring substituents is 1. The summed E-state index contributed by atoms with van der Waals surface area (Å²) < 4.78 is 1.85. The standard InChI is InChI=1S/C8H7BrINO2/c1-4-3-6(11(12)13)5(2)7(9)8(4)10/h3H,1-2H3. The molecule has 0 aliphatic rings. The van der Waals surface area contributed by atoms with Gasteiger partial charge in [0, 0.05) is 19.7 Å². The summed E-state index contributed by atoms with van der Waals surface area (Å²) in [5, 5.41) is 10.6. The minimum Gasteiger partial charge on any atom is -0.258 e. The Morgan fingerprint density at radius 2 is 2.08 bits per heavy atom. The second kappa shape index (κ2) is 3.91. The van der Waals surface area contributed by atoms with E-state index in [1.54, 1.807) is 13.0 Å². The van der Waals surface area contributed by atoms with Crippen LogP contribution in [0.4, 0.5) is 5.69 Å². The minimum absolute atomic E-state index is 0.171. The van der Waals surface area contributed by atoms with Crippen molar-refractivity contribution in [2.24, 2.45) is 0 Å². The van der Waals surface area contributed by atoms with Gasteiger partial charge in [0.2, 0.25) is 0 Å². The van der Waals surface area contributed by atoms with Gasteiger partial charge in [0.15, 0.2) is 0 Å². The number of nitro groups is 1. The Morgan fingerprint density at radius 1 is 1.54 bits per heavy atom. The summed E-state index contributed by atoms with van der Waals surface area (Å²) in [6.07, 6.45) is 0. The van der Waals surface area contributed by atoms with Gasteiger partial charge in [-0.25, -0.2) is 0 Å². The largest absolute Gasteiger partial charge is 0.273 e. The highest BCUT2D eigenvalue weighted by molar-refractivity contribution is 14.1. The number of nitrogens with zero attached hydrogens (tertiary/aromatic N) is 1. The zero-order valence-electron chi connectivity index (χ0n) is 7.10. The van der Waals surface area contributed by atoms with Crippen LogP contribution in [-0.2, 0) is 0 Å². The Kier molecular flexibility index (Phi) is 3.28. The topological polar surface area (TPSA) is 43.1 Å². The molecule has 1 aromatic rings. The van der Waals surface area contributed by atoms with E-state index in [2.05, 4.69) is 38.5 Å². The van der Waals surface area contributed by atoms with Crippen LogP contribution in [0, 0.1) is 27.5 Å². The molecule has 0 radical (unpaired) electrons. The van der Waals surface area contributed by atoms with Crippen LogP contribution >= 0.6 is 38.5 Å². The van der Waals surface area contributed by atoms with E-state index < -0.39 is 0 Å². The summed E-state index contributed by atoms with van der Waals surface area (Å²) in [5.74, 6) is 0. The van der Waals surface area contributed by atoms with Crippen molar-refractivity contribution in [3.05, 3.63) is 35.4 Å². The summed E-state index contributed by atoms with van der Waals surface area (Å²) in [7, 11) is 0. The van der Waals surface area contributed by atoms with Crippen LogP contribution in [0.1, 0.15) is 11.1 Å². The number of rotatable bonds is 1. The maximum atomic E-state index is 10.6. The smallest absolute Gasteiger partial charge is 0.258 e. The van der Waals surface area contributed by atoms with E-state index >= 15 is 0 Å². The molecule has 0 aliphatic heterocycles. The van der Waals surface area contributed by atoms with E-state index in [0.717, 1.165) is 13.6 Å². The molecule has 0 heterocycles. The van der Waals surface area contributed by atoms with Gasteiger partial charge in [-0.15, -0.1) is 0 Å². The Bertz CT molecular complexity index is 379. The summed E-state index contributed by atoms with van der Waals surface area (Å²) in [5.41, 5.74) is 1.77. The van der Waals surface area contributed by atoms with Crippen LogP contribution in [0.5, 0.6) is 0 Å². The van der Waals surface area contributed by atoms with E-state index in [0.29, 0.717) is 5.56 Å². The van der Waals surface area contributed by atoms with Crippen molar-refractivity contribution in [3.63, 3.8) is 0 Å². The first-order valence-corrected chi connectivity index (χ1v) is 5.42. The fourth-order valence-corrected chi connectivity index (χ4v) is 2.09. The molecule has 0 atom stereocenters. The molecule has 1 aromatic carbocycles. The molecule has 3 nitrogen and oxygen atoms in total. The summed E-state index contributed by atoms with van der Waals surface area (Å²) in [6, 6.07) is 1.60. The number of hydrogen-bond donors (Lipinski definition) is 0. The van der Waals surface area contributed by atoms with E-state index in [9.17, 15) is 10.1 Å². The molecule has 0 fully saturated rings. The van der Waals surface area contributed by atoms with Gasteiger partial charge in [-0.05, 0) is 57.9 Å². The second-order valence-electron chi connectivity index (χ2n) is 2.72. The summed E-state index contributed by atoms with van der Waals surface area (Å²) in [4.78, 5) is 10.3. The normalized spacial score (nSPS) is 10.2. The minimum atomic E-state index is -0.358. The van der Waals surface area contributed by atoms with Crippen LogP contribution in [0.25, 0.3) is 0 Å². The molecular formula is C8H7BrINO2. The van der Waals surface area contributed by atoms with Crippen molar-refractivity contribution in [3.8, 4) is 0 Å². The number of aryl methyl sites for hydroxylation is 1. The van der Waals surface area contributed by atoms with Crippen molar-refractivity contribution in [1.29, 1.82) is 0 Å². The van der Waals surface area contributed by atoms with Gasteiger partial charge in [-0.2, -0.15) is 0 Å². The zero-order chi connectivity index (χ0) is 10.2. The van der Waals surface area contributed by atoms with Crippen molar-refractivity contribution in [1.82, 2.24) is 0 Å². The van der Waals surface area contributed by atoms with Gasteiger partial charge < -0.3 is 0 Å². The molecule has 0 saturated carbocycles. The molecule has 0 saturated heterocycles. The molecule has 13 heavy (non-hydrogen) atoms. The maximum absolute atomic E-state index is 10.6. The van der Waals surface area contributed by atoms with Crippen LogP contribution in [0.2, 0.25) is 0 Å². The first kappa shape index (κ1) is 10.9. The highest BCUT2D eigenvalue weighted by atomic mass is 127. The van der Waals surface area contributed by atoms with Crippen molar-refractivity contribution in [2.45, 2.75) is 13.8 Å². The van der Waals surface area contributed by atoms with E-state index in [1.165, 1.54) is 0 Å². The van der Waals surface area contributed by atoms with Crippen molar-refractivity contribution in [2.75, 3.05) is 0 Å². The van der Waals surface area contributed by atoms with Gasteiger partial charge in [-0.1, -0.05) is 0 Å². The lowest BCUT2D eigenvalue weighted by molar-refractivity contribution is -0.385. The van der Waals surface area contributed by atoms with Gasteiger partial charge >= 0.3 is 0 Å². The third kappa shape index (κ3) is 2.01. The average molecular weight is 356 g/mol. The molecule has 0 aliphatic carbocycles. The van der Waals surface area contributed by atoms with Crippen LogP contribution in [-0.4, -0.2) is 4.92 Å². The molecule has 0 unspecified atom stereocenters. The maximum Gasteiger partial charge on any atom is 0.273 e. The Balaban J connectivity index is 3.50. The van der Waals surface area contributed by atoms with Gasteiger partial charge in [0.25, 0.3) is 5.69 Å². The van der Waals surface area contributed by atoms with Gasteiger partial charge in [0.1, 0.15) is 0 Å². The van der Waals surface area contributed by atoms with Crippen LogP contribution < -0.4 is 0 Å². The SMILES string of the molecule is Cc1cc([N+](=O)[O-])c(C)c(Br)c1I.